The molecule has 0 atom stereocenters. The summed E-state index contributed by atoms with van der Waals surface area (Å²) in [6.45, 7) is 8.52. The summed E-state index contributed by atoms with van der Waals surface area (Å²) in [6, 6.07) is 22.1. The van der Waals surface area contributed by atoms with Gasteiger partial charge in [0.1, 0.15) is 18.1 Å². The molecular formula is C24H27NO3. The lowest BCUT2D eigenvalue weighted by Crippen LogP contribution is -2.29. The highest BCUT2D eigenvalue weighted by molar-refractivity contribution is 5.91. The zero-order chi connectivity index (χ0) is 20.1. The van der Waals surface area contributed by atoms with E-state index in [1.165, 1.54) is 11.1 Å². The van der Waals surface area contributed by atoms with Gasteiger partial charge in [-0.25, -0.2) is 0 Å². The Morgan fingerprint density at radius 3 is 2.25 bits per heavy atom. The van der Waals surface area contributed by atoms with Crippen LogP contribution in [0.3, 0.4) is 0 Å². The Morgan fingerprint density at radius 1 is 0.964 bits per heavy atom. The molecule has 0 aliphatic rings. The average molecular weight is 377 g/mol. The standard InChI is InChI=1S/C24H27NO3/c1-17(2)25-23(26)22-15-14-21(28-22)16-27-20-12-10-19(11-13-20)24(3,4)18-8-6-5-7-9-18/h5-15,17H,16H2,1-4H3,(H,25,26). The summed E-state index contributed by atoms with van der Waals surface area (Å²) in [5, 5.41) is 2.81. The molecule has 0 unspecified atom stereocenters. The molecule has 0 radical (unpaired) electrons. The molecule has 4 nitrogen and oxygen atoms in total. The van der Waals surface area contributed by atoms with Gasteiger partial charge >= 0.3 is 0 Å². The molecule has 146 valence electrons. The largest absolute Gasteiger partial charge is 0.486 e. The van der Waals surface area contributed by atoms with Gasteiger partial charge in [-0.05, 0) is 49.2 Å². The molecule has 3 rings (SSSR count). The van der Waals surface area contributed by atoms with Gasteiger partial charge in [0, 0.05) is 11.5 Å². The van der Waals surface area contributed by atoms with E-state index in [-0.39, 0.29) is 24.0 Å². The highest BCUT2D eigenvalue weighted by Crippen LogP contribution is 2.32. The first-order valence-corrected chi connectivity index (χ1v) is 9.54. The van der Waals surface area contributed by atoms with Crippen molar-refractivity contribution in [2.45, 2.75) is 45.8 Å². The van der Waals surface area contributed by atoms with E-state index in [1.807, 2.05) is 32.0 Å². The normalized spacial score (nSPS) is 11.5. The lowest BCUT2D eigenvalue weighted by Gasteiger charge is -2.26. The number of nitrogens with one attached hydrogen (secondary N) is 1. The molecular weight excluding hydrogens is 350 g/mol. The highest BCUT2D eigenvalue weighted by Gasteiger charge is 2.22. The van der Waals surface area contributed by atoms with Crippen LogP contribution in [-0.2, 0) is 12.0 Å². The first-order valence-electron chi connectivity index (χ1n) is 9.54. The van der Waals surface area contributed by atoms with Crippen LogP contribution in [-0.4, -0.2) is 11.9 Å². The van der Waals surface area contributed by atoms with Crippen LogP contribution >= 0.6 is 0 Å². The molecule has 0 spiro atoms. The van der Waals surface area contributed by atoms with Gasteiger partial charge in [0.15, 0.2) is 5.76 Å². The van der Waals surface area contributed by atoms with E-state index < -0.39 is 0 Å². The lowest BCUT2D eigenvalue weighted by molar-refractivity contribution is 0.0911. The third kappa shape index (κ3) is 4.63. The fourth-order valence-corrected chi connectivity index (χ4v) is 3.05. The zero-order valence-corrected chi connectivity index (χ0v) is 16.9. The van der Waals surface area contributed by atoms with E-state index in [0.29, 0.717) is 11.5 Å². The van der Waals surface area contributed by atoms with Crippen molar-refractivity contribution in [1.29, 1.82) is 0 Å². The second-order valence-electron chi connectivity index (χ2n) is 7.70. The molecule has 2 aromatic carbocycles. The first kappa shape index (κ1) is 19.7. The van der Waals surface area contributed by atoms with Crippen molar-refractivity contribution in [2.75, 3.05) is 0 Å². The summed E-state index contributed by atoms with van der Waals surface area (Å²) < 4.78 is 11.4. The first-order chi connectivity index (χ1) is 13.4. The molecule has 28 heavy (non-hydrogen) atoms. The van der Waals surface area contributed by atoms with Gasteiger partial charge in [-0.1, -0.05) is 56.3 Å². The van der Waals surface area contributed by atoms with Gasteiger partial charge in [-0.15, -0.1) is 0 Å². The van der Waals surface area contributed by atoms with Crippen molar-refractivity contribution in [3.05, 3.63) is 89.4 Å². The van der Waals surface area contributed by atoms with Crippen LogP contribution in [0.2, 0.25) is 0 Å². The van der Waals surface area contributed by atoms with Crippen LogP contribution < -0.4 is 10.1 Å². The Kier molecular flexibility index (Phi) is 5.88. The Balaban J connectivity index is 1.62. The maximum atomic E-state index is 11.9. The third-order valence-electron chi connectivity index (χ3n) is 4.76. The molecule has 4 heteroatoms. The van der Waals surface area contributed by atoms with Crippen molar-refractivity contribution < 1.29 is 13.9 Å². The van der Waals surface area contributed by atoms with Crippen molar-refractivity contribution in [1.82, 2.24) is 5.32 Å². The number of hydrogen-bond acceptors (Lipinski definition) is 3. The Labute approximate surface area is 166 Å². The number of ether oxygens (including phenoxy) is 1. The summed E-state index contributed by atoms with van der Waals surface area (Å²) in [5.74, 6) is 1.46. The molecule has 0 saturated carbocycles. The summed E-state index contributed by atoms with van der Waals surface area (Å²) in [6.07, 6.45) is 0. The van der Waals surface area contributed by atoms with Gasteiger partial charge < -0.3 is 14.5 Å². The molecule has 1 amide bonds. The minimum absolute atomic E-state index is 0.0657. The van der Waals surface area contributed by atoms with Gasteiger partial charge in [0.2, 0.25) is 0 Å². The monoisotopic (exact) mass is 377 g/mol. The van der Waals surface area contributed by atoms with E-state index >= 15 is 0 Å². The SMILES string of the molecule is CC(C)NC(=O)c1ccc(COc2ccc(C(C)(C)c3ccccc3)cc2)o1. The lowest BCUT2D eigenvalue weighted by atomic mass is 9.78. The van der Waals surface area contributed by atoms with Crippen LogP contribution in [0.4, 0.5) is 0 Å². The predicted octanol–water partition coefficient (Wildman–Crippen LogP) is 5.32. The second-order valence-corrected chi connectivity index (χ2v) is 7.70. The number of carbonyl (C=O) groups excluding carboxylic acids is 1. The van der Waals surface area contributed by atoms with Crippen LogP contribution in [0, 0.1) is 0 Å². The molecule has 0 aliphatic heterocycles. The van der Waals surface area contributed by atoms with Gasteiger partial charge in [-0.2, -0.15) is 0 Å². The number of rotatable bonds is 7. The van der Waals surface area contributed by atoms with Gasteiger partial charge in [-0.3, -0.25) is 4.79 Å². The molecule has 3 aromatic rings. The number of amides is 1. The van der Waals surface area contributed by atoms with Crippen molar-refractivity contribution in [3.8, 4) is 5.75 Å². The maximum Gasteiger partial charge on any atom is 0.287 e. The second kappa shape index (κ2) is 8.34. The quantitative estimate of drug-likeness (QED) is 0.606. The molecule has 1 aromatic heterocycles. The minimum Gasteiger partial charge on any atom is -0.486 e. The smallest absolute Gasteiger partial charge is 0.287 e. The molecule has 1 N–H and O–H groups in total. The van der Waals surface area contributed by atoms with Crippen LogP contribution in [0.25, 0.3) is 0 Å². The van der Waals surface area contributed by atoms with Gasteiger partial charge in [0.05, 0.1) is 0 Å². The van der Waals surface area contributed by atoms with E-state index in [2.05, 4.69) is 55.6 Å². The van der Waals surface area contributed by atoms with E-state index in [1.54, 1.807) is 12.1 Å². The van der Waals surface area contributed by atoms with Gasteiger partial charge in [0.25, 0.3) is 5.91 Å². The topological polar surface area (TPSA) is 51.5 Å². The fraction of sp³-hybridized carbons (Fsp3) is 0.292. The maximum absolute atomic E-state index is 11.9. The number of carbonyl (C=O) groups is 1. The predicted molar refractivity (Wildman–Crippen MR) is 111 cm³/mol. The average Bonchev–Trinajstić information content (AvgIpc) is 3.16. The number of hydrogen-bond donors (Lipinski definition) is 1. The van der Waals surface area contributed by atoms with Crippen molar-refractivity contribution in [2.24, 2.45) is 0 Å². The van der Waals surface area contributed by atoms with Crippen LogP contribution in [0.5, 0.6) is 5.75 Å². The van der Waals surface area contributed by atoms with E-state index in [0.717, 1.165) is 5.75 Å². The summed E-state index contributed by atoms with van der Waals surface area (Å²) >= 11 is 0. The number of benzene rings is 2. The summed E-state index contributed by atoms with van der Waals surface area (Å²) in [7, 11) is 0. The van der Waals surface area contributed by atoms with E-state index in [9.17, 15) is 4.79 Å². The zero-order valence-electron chi connectivity index (χ0n) is 16.9. The fourth-order valence-electron chi connectivity index (χ4n) is 3.05. The van der Waals surface area contributed by atoms with Crippen LogP contribution in [0.15, 0.2) is 71.1 Å². The van der Waals surface area contributed by atoms with Crippen molar-refractivity contribution in [3.63, 3.8) is 0 Å². The summed E-state index contributed by atoms with van der Waals surface area (Å²) in [4.78, 5) is 11.9. The Bertz CT molecular complexity index is 909. The summed E-state index contributed by atoms with van der Waals surface area (Å²) in [5.41, 5.74) is 2.41. The Hall–Kier alpha value is -3.01. The van der Waals surface area contributed by atoms with Crippen molar-refractivity contribution >= 4 is 5.91 Å². The highest BCUT2D eigenvalue weighted by atomic mass is 16.5. The molecule has 1 heterocycles. The third-order valence-corrected chi connectivity index (χ3v) is 4.76. The molecule has 0 saturated heterocycles. The van der Waals surface area contributed by atoms with Crippen LogP contribution in [0.1, 0.15) is 55.1 Å². The minimum atomic E-state index is -0.214. The number of furan rings is 1. The Morgan fingerprint density at radius 2 is 1.61 bits per heavy atom. The molecule has 0 aliphatic carbocycles. The van der Waals surface area contributed by atoms with E-state index in [4.69, 9.17) is 9.15 Å². The molecule has 0 bridgehead atoms. The molecule has 0 fully saturated rings.